The normalized spacial score (nSPS) is 11.4. The van der Waals surface area contributed by atoms with Gasteiger partial charge in [0.2, 0.25) is 0 Å². The number of aromatic nitrogens is 3. The quantitative estimate of drug-likeness (QED) is 0.270. The zero-order chi connectivity index (χ0) is 26.4. The van der Waals surface area contributed by atoms with Crippen molar-refractivity contribution in [1.82, 2.24) is 13.3 Å². The Labute approximate surface area is 218 Å². The Bertz CT molecular complexity index is 1870. The van der Waals surface area contributed by atoms with Gasteiger partial charge in [-0.15, -0.1) is 0 Å². The van der Waals surface area contributed by atoms with Crippen molar-refractivity contribution in [3.63, 3.8) is 0 Å². The second-order valence-electron chi connectivity index (χ2n) is 8.53. The Balaban J connectivity index is 1.61. The average molecular weight is 530 g/mol. The lowest BCUT2D eigenvalue weighted by molar-refractivity contribution is -0.139. The van der Waals surface area contributed by atoms with E-state index in [1.807, 2.05) is 42.5 Å². The molecule has 190 valence electrons. The smallest absolute Gasteiger partial charge is 0.353 e. The molecule has 0 bridgehead atoms. The Kier molecular flexibility index (Phi) is 5.69. The molecule has 0 saturated heterocycles. The number of aliphatic carboxylic acids is 1. The van der Waals surface area contributed by atoms with Crippen molar-refractivity contribution in [3.8, 4) is 22.6 Å². The Morgan fingerprint density at radius 2 is 1.82 bits per heavy atom. The van der Waals surface area contributed by atoms with Gasteiger partial charge in [-0.2, -0.15) is 8.75 Å². The second-order valence-corrected chi connectivity index (χ2v) is 9.05. The van der Waals surface area contributed by atoms with Crippen molar-refractivity contribution in [2.24, 2.45) is 0 Å². The first-order chi connectivity index (χ1) is 18.4. The van der Waals surface area contributed by atoms with E-state index in [4.69, 9.17) is 19.0 Å². The molecule has 0 spiro atoms. The van der Waals surface area contributed by atoms with Crippen LogP contribution in [0.4, 0.5) is 0 Å². The third kappa shape index (κ3) is 3.89. The van der Waals surface area contributed by atoms with Crippen LogP contribution in [0.3, 0.4) is 0 Å². The lowest BCUT2D eigenvalue weighted by Gasteiger charge is -2.12. The molecule has 3 aromatic heterocycles. The first-order valence-electron chi connectivity index (χ1n) is 11.5. The molecule has 38 heavy (non-hydrogen) atoms. The van der Waals surface area contributed by atoms with Gasteiger partial charge in [0, 0.05) is 11.9 Å². The van der Waals surface area contributed by atoms with Crippen LogP contribution >= 0.6 is 11.7 Å². The number of hydrogen-bond acceptors (Lipinski definition) is 8. The van der Waals surface area contributed by atoms with Gasteiger partial charge in [-0.25, -0.2) is 9.59 Å². The molecule has 10 nitrogen and oxygen atoms in total. The monoisotopic (exact) mass is 529 g/mol. The minimum Gasteiger partial charge on any atom is -0.493 e. The number of rotatable bonds is 8. The molecule has 6 rings (SSSR count). The van der Waals surface area contributed by atoms with Crippen LogP contribution in [0.2, 0.25) is 0 Å². The van der Waals surface area contributed by atoms with Gasteiger partial charge in [0.25, 0.3) is 0 Å². The van der Waals surface area contributed by atoms with E-state index >= 15 is 0 Å². The molecular weight excluding hydrogens is 510 g/mol. The molecule has 0 saturated carbocycles. The largest absolute Gasteiger partial charge is 0.493 e. The third-order valence-electron chi connectivity index (χ3n) is 6.24. The molecule has 0 aliphatic carbocycles. The van der Waals surface area contributed by atoms with Gasteiger partial charge < -0.3 is 28.7 Å². The minimum absolute atomic E-state index is 0.0235. The van der Waals surface area contributed by atoms with E-state index in [0.29, 0.717) is 33.6 Å². The number of ether oxygens (including phenoxy) is 2. The van der Waals surface area contributed by atoms with Gasteiger partial charge in [0.1, 0.15) is 22.3 Å². The molecule has 3 heterocycles. The van der Waals surface area contributed by atoms with E-state index in [9.17, 15) is 14.7 Å². The van der Waals surface area contributed by atoms with Gasteiger partial charge >= 0.3 is 11.9 Å². The molecule has 0 radical (unpaired) electrons. The highest BCUT2D eigenvalue weighted by atomic mass is 32.1. The molecule has 3 aromatic carbocycles. The van der Waals surface area contributed by atoms with E-state index in [1.54, 1.807) is 22.8 Å². The Morgan fingerprint density at radius 1 is 1.00 bits per heavy atom. The fourth-order valence-corrected chi connectivity index (χ4v) is 5.18. The van der Waals surface area contributed by atoms with Crippen molar-refractivity contribution in [2.75, 3.05) is 13.7 Å². The number of carboxylic acids is 2. The number of aromatic carboxylic acids is 1. The predicted octanol–water partition coefficient (Wildman–Crippen LogP) is 5.28. The summed E-state index contributed by atoms with van der Waals surface area (Å²) in [7, 11) is 1.44. The van der Waals surface area contributed by atoms with Gasteiger partial charge in [-0.3, -0.25) is 0 Å². The van der Waals surface area contributed by atoms with Crippen molar-refractivity contribution >= 4 is 56.8 Å². The summed E-state index contributed by atoms with van der Waals surface area (Å²) in [6.07, 6.45) is 0. The highest BCUT2D eigenvalue weighted by Crippen LogP contribution is 2.43. The molecule has 0 unspecified atom stereocenters. The third-order valence-corrected chi connectivity index (χ3v) is 6.79. The molecule has 0 amide bonds. The van der Waals surface area contributed by atoms with E-state index in [0.717, 1.165) is 33.7 Å². The van der Waals surface area contributed by atoms with E-state index < -0.39 is 18.5 Å². The lowest BCUT2D eigenvalue weighted by Crippen LogP contribution is -2.11. The molecule has 2 N–H and O–H groups in total. The summed E-state index contributed by atoms with van der Waals surface area (Å²) in [5.74, 6) is -1.81. The summed E-state index contributed by atoms with van der Waals surface area (Å²) in [6, 6.07) is 17.9. The summed E-state index contributed by atoms with van der Waals surface area (Å²) in [5, 5.41) is 20.3. The van der Waals surface area contributed by atoms with Crippen LogP contribution in [-0.4, -0.2) is 49.2 Å². The number of hydrogen-bond donors (Lipinski definition) is 2. The van der Waals surface area contributed by atoms with Crippen LogP contribution in [0.15, 0.2) is 65.1 Å². The molecule has 0 atom stereocenters. The number of carbonyl (C=O) groups is 2. The number of benzene rings is 3. The predicted molar refractivity (Wildman–Crippen MR) is 140 cm³/mol. The van der Waals surface area contributed by atoms with Gasteiger partial charge in [-0.05, 0) is 47.5 Å². The van der Waals surface area contributed by atoms with Crippen LogP contribution in [-0.2, 0) is 11.3 Å². The van der Waals surface area contributed by atoms with E-state index in [-0.39, 0.29) is 18.0 Å². The first kappa shape index (κ1) is 23.5. The van der Waals surface area contributed by atoms with Crippen molar-refractivity contribution in [2.45, 2.75) is 6.54 Å². The van der Waals surface area contributed by atoms with Crippen LogP contribution in [0.1, 0.15) is 16.1 Å². The standard InChI is InChI=1S/C27H19N3O7S/c1-35-20-9-7-15(11-21(20)36-13-22(31)32)23-25(27(33)34)30(12-14-6-8-17-18(10-14)29-38-28-17)24-16-4-2-3-5-19(16)37-26(23)24/h2-11H,12-13H2,1H3,(H,31,32)(H,33,34). The fraction of sp³-hybridized carbons (Fsp3) is 0.111. The maximum Gasteiger partial charge on any atom is 0.353 e. The summed E-state index contributed by atoms with van der Waals surface area (Å²) in [5.41, 5.74) is 4.85. The number of nitrogens with zero attached hydrogens (tertiary/aromatic N) is 3. The van der Waals surface area contributed by atoms with Crippen molar-refractivity contribution in [3.05, 3.63) is 71.9 Å². The molecule has 0 aliphatic heterocycles. The fourth-order valence-electron chi connectivity index (χ4n) is 4.67. The average Bonchev–Trinajstić information content (AvgIpc) is 3.60. The maximum absolute atomic E-state index is 12.8. The number of methoxy groups -OCH3 is 1. The van der Waals surface area contributed by atoms with E-state index in [2.05, 4.69) is 8.75 Å². The summed E-state index contributed by atoms with van der Waals surface area (Å²) in [6.45, 7) is -0.339. The maximum atomic E-state index is 12.8. The Hall–Kier alpha value is -4.90. The SMILES string of the molecule is COc1ccc(-c2c(C(=O)O)n(Cc3ccc4nsnc4c3)c3c2oc2ccccc23)cc1OCC(=O)O. The number of para-hydroxylation sites is 1. The van der Waals surface area contributed by atoms with Crippen molar-refractivity contribution in [1.29, 1.82) is 0 Å². The number of furan rings is 1. The zero-order valence-corrected chi connectivity index (χ0v) is 20.7. The molecular formula is C27H19N3O7S. The van der Waals surface area contributed by atoms with Crippen LogP contribution in [0, 0.1) is 0 Å². The minimum atomic E-state index is -1.15. The molecule has 0 aliphatic rings. The second kappa shape index (κ2) is 9.20. The topological polar surface area (TPSA) is 137 Å². The lowest BCUT2D eigenvalue weighted by atomic mass is 10.0. The first-order valence-corrected chi connectivity index (χ1v) is 12.2. The van der Waals surface area contributed by atoms with E-state index in [1.165, 1.54) is 7.11 Å². The highest BCUT2D eigenvalue weighted by Gasteiger charge is 2.29. The Morgan fingerprint density at radius 3 is 2.61 bits per heavy atom. The summed E-state index contributed by atoms with van der Waals surface area (Å²) < 4.78 is 27.3. The highest BCUT2D eigenvalue weighted by molar-refractivity contribution is 7.00. The number of fused-ring (bicyclic) bond motifs is 4. The van der Waals surface area contributed by atoms with Gasteiger partial charge in [-0.1, -0.05) is 24.3 Å². The van der Waals surface area contributed by atoms with Crippen LogP contribution in [0.25, 0.3) is 44.2 Å². The summed E-state index contributed by atoms with van der Waals surface area (Å²) in [4.78, 5) is 23.9. The zero-order valence-electron chi connectivity index (χ0n) is 19.9. The number of carboxylic acid groups (broad SMARTS) is 2. The van der Waals surface area contributed by atoms with Gasteiger partial charge in [0.05, 0.1) is 29.9 Å². The molecule has 11 heteroatoms. The van der Waals surface area contributed by atoms with Crippen LogP contribution < -0.4 is 9.47 Å². The summed E-state index contributed by atoms with van der Waals surface area (Å²) >= 11 is 1.12. The van der Waals surface area contributed by atoms with Crippen molar-refractivity contribution < 1.29 is 33.7 Å². The molecule has 0 fully saturated rings. The van der Waals surface area contributed by atoms with Gasteiger partial charge in [0.15, 0.2) is 23.7 Å². The molecule has 6 aromatic rings. The van der Waals surface area contributed by atoms with Crippen LogP contribution in [0.5, 0.6) is 11.5 Å².